The molecule has 15 heteroatoms. The van der Waals surface area contributed by atoms with E-state index >= 15 is 0 Å². The number of nitrogens with one attached hydrogen (secondary N) is 3. The number of benzene rings is 2. The summed E-state index contributed by atoms with van der Waals surface area (Å²) >= 11 is 3.19. The van der Waals surface area contributed by atoms with Crippen molar-refractivity contribution in [3.8, 4) is 0 Å². The van der Waals surface area contributed by atoms with Crippen LogP contribution in [0.2, 0.25) is 0 Å². The molecule has 6 rings (SSSR count). The molecule has 2 spiro atoms. The van der Waals surface area contributed by atoms with Gasteiger partial charge in [0.15, 0.2) is 0 Å². The van der Waals surface area contributed by atoms with Gasteiger partial charge in [-0.2, -0.15) is 26.3 Å². The van der Waals surface area contributed by atoms with Crippen molar-refractivity contribution in [3.05, 3.63) is 70.8 Å². The van der Waals surface area contributed by atoms with Crippen LogP contribution in [0.1, 0.15) is 121 Å². The third kappa shape index (κ3) is 10.5. The number of halogens is 6. The fraction of sp³-hybridized carbons (Fsp3) is 0.605. The predicted octanol–water partition coefficient (Wildman–Crippen LogP) is 9.14. The molecule has 0 bridgehead atoms. The fourth-order valence-corrected chi connectivity index (χ4v) is 7.86. The summed E-state index contributed by atoms with van der Waals surface area (Å²) in [6, 6.07) is 9.12. The van der Waals surface area contributed by atoms with Gasteiger partial charge in [-0.3, -0.25) is 19.9 Å². The molecule has 7 nitrogen and oxygen atoms in total. The first-order chi connectivity index (χ1) is 24.4. The summed E-state index contributed by atoms with van der Waals surface area (Å²) < 4.78 is 80.2. The Morgan fingerprint density at radius 2 is 1.23 bits per heavy atom. The number of hydrogen-bond donors (Lipinski definition) is 4. The number of carbonyl (C=O) groups is 2. The standard InChI is InChI=1S/C19H25F3N2O.C19H23F3N2O.BHNS/c2*1-17(2,3)13-7-9-18(10-8-13)23-15(16(25)24-18)12-5-4-6-14(11-12)19(20,21)22;1-2-3/h4-6,11,13,15,23H,7-10H2,1-3H3,(H,24,25);4-6,11,13H,7-10H2,1-3H3,(H,24,25);3H. The van der Waals surface area contributed by atoms with Crippen molar-refractivity contribution in [3.63, 3.8) is 0 Å². The van der Waals surface area contributed by atoms with Gasteiger partial charge in [0.1, 0.15) is 17.4 Å². The topological polar surface area (TPSA) is 95.0 Å². The van der Waals surface area contributed by atoms with Gasteiger partial charge in [0.2, 0.25) is 5.91 Å². The van der Waals surface area contributed by atoms with E-state index in [2.05, 4.69) is 87.2 Å². The first-order valence-corrected chi connectivity index (χ1v) is 18.2. The van der Waals surface area contributed by atoms with Crippen LogP contribution in [-0.4, -0.2) is 36.5 Å². The summed E-state index contributed by atoms with van der Waals surface area (Å²) in [5, 5.41) is 9.24. The van der Waals surface area contributed by atoms with E-state index in [1.54, 1.807) is 6.07 Å². The van der Waals surface area contributed by atoms with Gasteiger partial charge in [0.25, 0.3) is 5.91 Å². The quantitative estimate of drug-likeness (QED) is 0.140. The molecule has 2 aliphatic carbocycles. The summed E-state index contributed by atoms with van der Waals surface area (Å²) in [6.45, 7) is 13.3. The maximum absolute atomic E-state index is 12.9. The molecule has 2 aromatic rings. The minimum absolute atomic E-state index is 0.111. The van der Waals surface area contributed by atoms with Crippen LogP contribution >= 0.6 is 12.8 Å². The van der Waals surface area contributed by atoms with Gasteiger partial charge in [-0.25, -0.2) is 0 Å². The minimum atomic E-state index is -4.44. The van der Waals surface area contributed by atoms with Gasteiger partial charge in [0, 0.05) is 5.56 Å². The molecule has 3 fully saturated rings. The summed E-state index contributed by atoms with van der Waals surface area (Å²) in [7, 11) is 4.34. The Balaban J connectivity index is 0.000000220. The molecule has 2 heterocycles. The van der Waals surface area contributed by atoms with Crippen molar-refractivity contribution in [2.45, 2.75) is 123 Å². The Bertz CT molecular complexity index is 1670. The van der Waals surface area contributed by atoms with Crippen molar-refractivity contribution in [1.82, 2.24) is 16.0 Å². The van der Waals surface area contributed by atoms with E-state index in [1.807, 2.05) is 0 Å². The Morgan fingerprint density at radius 1 is 0.755 bits per heavy atom. The molecule has 2 aromatic carbocycles. The fourth-order valence-electron chi connectivity index (χ4n) is 7.86. The molecule has 1 unspecified atom stereocenters. The third-order valence-corrected chi connectivity index (χ3v) is 11.0. The van der Waals surface area contributed by atoms with E-state index in [0.29, 0.717) is 17.4 Å². The first-order valence-electron chi connectivity index (χ1n) is 17.8. The van der Waals surface area contributed by atoms with Crippen molar-refractivity contribution >= 4 is 38.0 Å². The van der Waals surface area contributed by atoms with Crippen LogP contribution in [-0.2, 0) is 21.9 Å². The number of aliphatic imine (C=N–C) groups is 1. The summed E-state index contributed by atoms with van der Waals surface area (Å²) in [5.41, 5.74) is -1.50. The number of hydrogen-bond acceptors (Lipinski definition) is 6. The molecule has 53 heavy (non-hydrogen) atoms. The molecule has 2 aliphatic heterocycles. The number of nitrogens with zero attached hydrogens (tertiary/aromatic N) is 2. The molecule has 2 amide bonds. The Morgan fingerprint density at radius 3 is 1.72 bits per heavy atom. The van der Waals surface area contributed by atoms with Crippen LogP contribution in [0.3, 0.4) is 0 Å². The average molecular weight is 765 g/mol. The zero-order chi connectivity index (χ0) is 39.6. The van der Waals surface area contributed by atoms with E-state index in [9.17, 15) is 35.9 Å². The second kappa shape index (κ2) is 15.9. The van der Waals surface area contributed by atoms with Gasteiger partial charge in [-0.1, -0.05) is 65.8 Å². The first kappa shape index (κ1) is 42.5. The van der Waals surface area contributed by atoms with E-state index < -0.39 is 40.8 Å². The van der Waals surface area contributed by atoms with Crippen LogP contribution in [0.15, 0.2) is 57.8 Å². The molecule has 1 radical (unpaired) electrons. The molecular formula is C38H49BF6N5O2S. The Kier molecular flexibility index (Phi) is 12.7. The molecular weight excluding hydrogens is 715 g/mol. The molecule has 2 saturated carbocycles. The number of carbonyl (C=O) groups excluding carboxylic acids is 2. The molecule has 4 aliphatic rings. The average Bonchev–Trinajstić information content (AvgIpc) is 3.55. The van der Waals surface area contributed by atoms with E-state index in [1.165, 1.54) is 18.2 Å². The van der Waals surface area contributed by atoms with E-state index in [4.69, 9.17) is 0 Å². The molecule has 289 valence electrons. The summed E-state index contributed by atoms with van der Waals surface area (Å²) in [4.78, 5) is 29.4. The zero-order valence-electron chi connectivity index (χ0n) is 31.0. The van der Waals surface area contributed by atoms with E-state index in [-0.39, 0.29) is 33.9 Å². The van der Waals surface area contributed by atoms with Crippen LogP contribution in [0.25, 0.3) is 0 Å². The SMILES string of the molecule is CC(C)(C)C1CCC2(CC1)N=C(c1cccc(C(F)(F)F)c1)C(=O)N2.CC(C)(C)C1CCC2(CC1)NC(=O)C(c1cccc(C(F)(F)F)c1)N2.[B]=NS. The van der Waals surface area contributed by atoms with Gasteiger partial charge < -0.3 is 10.6 Å². The van der Waals surface area contributed by atoms with Gasteiger partial charge in [-0.15, -0.1) is 0 Å². The van der Waals surface area contributed by atoms with Crippen molar-refractivity contribution in [1.29, 1.82) is 0 Å². The van der Waals surface area contributed by atoms with E-state index in [0.717, 1.165) is 75.6 Å². The molecule has 1 atom stereocenters. The molecule has 3 N–H and O–H groups in total. The Labute approximate surface area is 314 Å². The second-order valence-corrected chi connectivity index (χ2v) is 16.9. The van der Waals surface area contributed by atoms with Crippen LogP contribution in [0, 0.1) is 22.7 Å². The predicted molar refractivity (Wildman–Crippen MR) is 197 cm³/mol. The summed E-state index contributed by atoms with van der Waals surface area (Å²) in [5.74, 6) is 0.523. The third-order valence-electron chi connectivity index (χ3n) is 11.0. The number of alkyl halides is 6. The second-order valence-electron chi connectivity index (χ2n) is 16.7. The molecule has 1 saturated heterocycles. The van der Waals surface area contributed by atoms with Gasteiger partial charge >= 0.3 is 37.1 Å². The Hall–Kier alpha value is -3.20. The van der Waals surface area contributed by atoms with Crippen LogP contribution < -0.4 is 16.0 Å². The number of rotatable bonds is 2. The normalized spacial score (nSPS) is 27.5. The van der Waals surface area contributed by atoms with Crippen LogP contribution in [0.5, 0.6) is 0 Å². The van der Waals surface area contributed by atoms with Crippen molar-refractivity contribution in [2.75, 3.05) is 0 Å². The maximum atomic E-state index is 12.9. The summed E-state index contributed by atoms with van der Waals surface area (Å²) in [6.07, 6.45) is -1.91. The number of thiol groups is 1. The van der Waals surface area contributed by atoms with Gasteiger partial charge in [0.05, 0.1) is 16.8 Å². The van der Waals surface area contributed by atoms with Crippen LogP contribution in [0.4, 0.5) is 26.3 Å². The monoisotopic (exact) mass is 764 g/mol. The van der Waals surface area contributed by atoms with Crippen molar-refractivity contribution < 1.29 is 35.9 Å². The zero-order valence-corrected chi connectivity index (χ0v) is 31.9. The molecule has 0 aromatic heterocycles. The number of amides is 2. The van der Waals surface area contributed by atoms with Gasteiger partial charge in [-0.05, 0) is 104 Å². The van der Waals surface area contributed by atoms with Crippen molar-refractivity contribution in [2.24, 2.45) is 32.0 Å².